The van der Waals surface area contributed by atoms with E-state index in [1.807, 2.05) is 6.92 Å². The van der Waals surface area contributed by atoms with Crippen LogP contribution in [0, 0.1) is 11.6 Å². The molecule has 6 heteroatoms. The molecule has 0 aliphatic rings. The molecule has 1 aromatic carbocycles. The van der Waals surface area contributed by atoms with Gasteiger partial charge in [-0.3, -0.25) is 4.79 Å². The van der Waals surface area contributed by atoms with E-state index in [1.54, 1.807) is 0 Å². The Morgan fingerprint density at radius 1 is 1.14 bits per heavy atom. The average Bonchev–Trinajstić information content (AvgIpc) is 2.40. The molecular formula is C15H19F2NO3. The van der Waals surface area contributed by atoms with E-state index < -0.39 is 29.6 Å². The molecule has 0 aliphatic heterocycles. The van der Waals surface area contributed by atoms with Gasteiger partial charge in [0.2, 0.25) is 0 Å². The first-order valence-electron chi connectivity index (χ1n) is 6.93. The molecule has 4 nitrogen and oxygen atoms in total. The van der Waals surface area contributed by atoms with Gasteiger partial charge in [-0.2, -0.15) is 0 Å². The van der Waals surface area contributed by atoms with Crippen LogP contribution in [0.25, 0.3) is 0 Å². The SMILES string of the molecule is CCCCCC[C@H](NC(=O)c1cc(F)cc(F)c1)C(=O)O. The zero-order valence-electron chi connectivity index (χ0n) is 11.9. The number of hydrogen-bond donors (Lipinski definition) is 2. The highest BCUT2D eigenvalue weighted by Crippen LogP contribution is 2.10. The van der Waals surface area contributed by atoms with Gasteiger partial charge in [-0.25, -0.2) is 13.6 Å². The highest BCUT2D eigenvalue weighted by Gasteiger charge is 2.20. The number of hydrogen-bond acceptors (Lipinski definition) is 2. The molecule has 1 amide bonds. The maximum atomic E-state index is 13.0. The zero-order valence-corrected chi connectivity index (χ0v) is 11.9. The second-order valence-corrected chi connectivity index (χ2v) is 4.87. The van der Waals surface area contributed by atoms with Crippen LogP contribution in [-0.2, 0) is 4.79 Å². The highest BCUT2D eigenvalue weighted by molar-refractivity contribution is 5.96. The fraction of sp³-hybridized carbons (Fsp3) is 0.467. The second-order valence-electron chi connectivity index (χ2n) is 4.87. The number of aliphatic carboxylic acids is 1. The normalized spacial score (nSPS) is 12.0. The Kier molecular flexibility index (Phi) is 6.78. The molecule has 1 aromatic rings. The lowest BCUT2D eigenvalue weighted by Crippen LogP contribution is -2.40. The van der Waals surface area contributed by atoms with Crippen LogP contribution in [-0.4, -0.2) is 23.0 Å². The standard InChI is InChI=1S/C15H19F2NO3/c1-2-3-4-5-6-13(15(20)21)18-14(19)10-7-11(16)9-12(17)8-10/h7-9,13H,2-6H2,1H3,(H,18,19)(H,20,21)/t13-/m0/s1. The third kappa shape index (κ3) is 5.89. The second kappa shape index (κ2) is 8.34. The molecule has 0 spiro atoms. The maximum Gasteiger partial charge on any atom is 0.326 e. The summed E-state index contributed by atoms with van der Waals surface area (Å²) < 4.78 is 26.1. The van der Waals surface area contributed by atoms with Crippen molar-refractivity contribution in [1.29, 1.82) is 0 Å². The van der Waals surface area contributed by atoms with Crippen molar-refractivity contribution < 1.29 is 23.5 Å². The molecule has 0 aliphatic carbocycles. The molecule has 0 heterocycles. The van der Waals surface area contributed by atoms with Crippen molar-refractivity contribution >= 4 is 11.9 Å². The Morgan fingerprint density at radius 3 is 2.29 bits per heavy atom. The van der Waals surface area contributed by atoms with Gasteiger partial charge in [0, 0.05) is 11.6 Å². The van der Waals surface area contributed by atoms with Gasteiger partial charge in [-0.1, -0.05) is 32.6 Å². The lowest BCUT2D eigenvalue weighted by Gasteiger charge is -2.14. The highest BCUT2D eigenvalue weighted by atomic mass is 19.1. The Balaban J connectivity index is 2.65. The Labute approximate surface area is 122 Å². The number of halogens is 2. The van der Waals surface area contributed by atoms with E-state index in [0.29, 0.717) is 18.9 Å². The van der Waals surface area contributed by atoms with Gasteiger partial charge >= 0.3 is 5.97 Å². The topological polar surface area (TPSA) is 66.4 Å². The van der Waals surface area contributed by atoms with Crippen molar-refractivity contribution in [3.8, 4) is 0 Å². The van der Waals surface area contributed by atoms with Crippen molar-refractivity contribution in [2.75, 3.05) is 0 Å². The zero-order chi connectivity index (χ0) is 15.8. The van der Waals surface area contributed by atoms with E-state index in [9.17, 15) is 18.4 Å². The number of unbranched alkanes of at least 4 members (excludes halogenated alkanes) is 3. The van der Waals surface area contributed by atoms with Crippen LogP contribution >= 0.6 is 0 Å². The molecule has 0 aromatic heterocycles. The van der Waals surface area contributed by atoms with Crippen LogP contribution < -0.4 is 5.32 Å². The lowest BCUT2D eigenvalue weighted by molar-refractivity contribution is -0.139. The first-order chi connectivity index (χ1) is 9.93. The summed E-state index contributed by atoms with van der Waals surface area (Å²) in [6, 6.07) is 1.33. The summed E-state index contributed by atoms with van der Waals surface area (Å²) in [7, 11) is 0. The van der Waals surface area contributed by atoms with Crippen molar-refractivity contribution in [3.05, 3.63) is 35.4 Å². The summed E-state index contributed by atoms with van der Waals surface area (Å²) in [5.74, 6) is -3.71. The molecule has 0 saturated carbocycles. The fourth-order valence-electron chi connectivity index (χ4n) is 1.96. The van der Waals surface area contributed by atoms with Crippen LogP contribution in [0.1, 0.15) is 49.4 Å². The molecule has 0 saturated heterocycles. The van der Waals surface area contributed by atoms with E-state index in [0.717, 1.165) is 31.4 Å². The molecule has 1 rings (SSSR count). The Morgan fingerprint density at radius 2 is 1.76 bits per heavy atom. The molecule has 2 N–H and O–H groups in total. The number of carbonyl (C=O) groups excluding carboxylic acids is 1. The first kappa shape index (κ1) is 17.1. The summed E-state index contributed by atoms with van der Waals surface area (Å²) in [6.07, 6.45) is 3.86. The molecule has 21 heavy (non-hydrogen) atoms. The van der Waals surface area contributed by atoms with Crippen molar-refractivity contribution in [3.63, 3.8) is 0 Å². The summed E-state index contributed by atoms with van der Waals surface area (Å²) in [6.45, 7) is 2.04. The third-order valence-corrected chi connectivity index (χ3v) is 3.07. The van der Waals surface area contributed by atoms with E-state index in [4.69, 9.17) is 5.11 Å². The number of carbonyl (C=O) groups is 2. The minimum atomic E-state index is -1.16. The fourth-order valence-corrected chi connectivity index (χ4v) is 1.96. The van der Waals surface area contributed by atoms with Gasteiger partial charge in [-0.05, 0) is 18.6 Å². The predicted molar refractivity (Wildman–Crippen MR) is 74.0 cm³/mol. The Bertz CT molecular complexity index is 485. The summed E-state index contributed by atoms with van der Waals surface area (Å²) in [5.41, 5.74) is -0.229. The molecule has 0 unspecified atom stereocenters. The van der Waals surface area contributed by atoms with Gasteiger partial charge in [0.1, 0.15) is 17.7 Å². The molecule has 116 valence electrons. The molecule has 0 fully saturated rings. The van der Waals surface area contributed by atoms with Gasteiger partial charge in [0.25, 0.3) is 5.91 Å². The molecule has 0 radical (unpaired) electrons. The van der Waals surface area contributed by atoms with E-state index in [2.05, 4.69) is 5.32 Å². The number of rotatable bonds is 8. The predicted octanol–water partition coefficient (Wildman–Crippen LogP) is 3.12. The maximum absolute atomic E-state index is 13.0. The Hall–Kier alpha value is -1.98. The van der Waals surface area contributed by atoms with Gasteiger partial charge < -0.3 is 10.4 Å². The van der Waals surface area contributed by atoms with E-state index >= 15 is 0 Å². The quantitative estimate of drug-likeness (QED) is 0.725. The van der Waals surface area contributed by atoms with Crippen LogP contribution in [0.4, 0.5) is 8.78 Å². The monoisotopic (exact) mass is 299 g/mol. The number of carboxylic acids is 1. The van der Waals surface area contributed by atoms with Gasteiger partial charge in [-0.15, -0.1) is 0 Å². The molecule has 0 bridgehead atoms. The van der Waals surface area contributed by atoms with Crippen LogP contribution in [0.3, 0.4) is 0 Å². The smallest absolute Gasteiger partial charge is 0.326 e. The number of carboxylic acid groups (broad SMARTS) is 1. The summed E-state index contributed by atoms with van der Waals surface area (Å²) >= 11 is 0. The minimum Gasteiger partial charge on any atom is -0.480 e. The van der Waals surface area contributed by atoms with Gasteiger partial charge in [0.15, 0.2) is 0 Å². The van der Waals surface area contributed by atoms with Crippen molar-refractivity contribution in [2.45, 2.75) is 45.1 Å². The third-order valence-electron chi connectivity index (χ3n) is 3.07. The molecular weight excluding hydrogens is 280 g/mol. The minimum absolute atomic E-state index is 0.229. The largest absolute Gasteiger partial charge is 0.480 e. The average molecular weight is 299 g/mol. The van der Waals surface area contributed by atoms with Crippen molar-refractivity contribution in [2.24, 2.45) is 0 Å². The van der Waals surface area contributed by atoms with Crippen molar-refractivity contribution in [1.82, 2.24) is 5.32 Å². The number of nitrogens with one attached hydrogen (secondary N) is 1. The van der Waals surface area contributed by atoms with E-state index in [1.165, 1.54) is 0 Å². The number of benzene rings is 1. The van der Waals surface area contributed by atoms with Crippen LogP contribution in [0.5, 0.6) is 0 Å². The first-order valence-corrected chi connectivity index (χ1v) is 6.93. The lowest BCUT2D eigenvalue weighted by atomic mass is 10.1. The van der Waals surface area contributed by atoms with Gasteiger partial charge in [0.05, 0.1) is 0 Å². The molecule has 1 atom stereocenters. The number of amides is 1. The summed E-state index contributed by atoms with van der Waals surface area (Å²) in [5, 5.41) is 11.4. The summed E-state index contributed by atoms with van der Waals surface area (Å²) in [4.78, 5) is 22.9. The van der Waals surface area contributed by atoms with Crippen LogP contribution in [0.15, 0.2) is 18.2 Å². The van der Waals surface area contributed by atoms with E-state index in [-0.39, 0.29) is 5.56 Å². The van der Waals surface area contributed by atoms with Crippen LogP contribution in [0.2, 0.25) is 0 Å².